The van der Waals surface area contributed by atoms with E-state index in [1.807, 2.05) is 12.1 Å². The molecule has 0 amide bonds. The van der Waals surface area contributed by atoms with Gasteiger partial charge in [-0.15, -0.1) is 0 Å². The van der Waals surface area contributed by atoms with Gasteiger partial charge in [-0.1, -0.05) is 0 Å². The molecule has 16 heavy (non-hydrogen) atoms. The summed E-state index contributed by atoms with van der Waals surface area (Å²) in [5.74, 6) is -0.0887. The first kappa shape index (κ1) is 9.15. The Morgan fingerprint density at radius 1 is 1.44 bits per heavy atom. The van der Waals surface area contributed by atoms with Crippen molar-refractivity contribution >= 4 is 16.9 Å². The minimum Gasteiger partial charge on any atom is -0.493 e. The molecule has 1 aliphatic heterocycles. The smallest absolute Gasteiger partial charge is 0.337 e. The second kappa shape index (κ2) is 3.20. The summed E-state index contributed by atoms with van der Waals surface area (Å²) >= 11 is 0. The molecule has 4 heteroatoms. The first-order valence-corrected chi connectivity index (χ1v) is 5.03. The van der Waals surface area contributed by atoms with E-state index in [9.17, 15) is 4.79 Å². The number of carboxylic acids is 1. The molecular formula is C12H9NO3. The number of fused-ring (bicyclic) bond motifs is 3. The number of aromatic nitrogens is 1. The monoisotopic (exact) mass is 215 g/mol. The van der Waals surface area contributed by atoms with E-state index in [2.05, 4.69) is 4.98 Å². The molecule has 2 aromatic rings. The van der Waals surface area contributed by atoms with Gasteiger partial charge in [0, 0.05) is 23.6 Å². The molecule has 1 aromatic heterocycles. The molecular weight excluding hydrogens is 206 g/mol. The van der Waals surface area contributed by atoms with Crippen LogP contribution in [0.15, 0.2) is 24.4 Å². The Labute approximate surface area is 91.5 Å². The second-order valence-corrected chi connectivity index (χ2v) is 3.74. The molecule has 2 heterocycles. The van der Waals surface area contributed by atoms with Gasteiger partial charge in [0.2, 0.25) is 0 Å². The Morgan fingerprint density at radius 2 is 2.31 bits per heavy atom. The van der Waals surface area contributed by atoms with Gasteiger partial charge in [0.05, 0.1) is 17.7 Å². The lowest BCUT2D eigenvalue weighted by Crippen LogP contribution is -1.97. The second-order valence-electron chi connectivity index (χ2n) is 3.74. The van der Waals surface area contributed by atoms with Crippen molar-refractivity contribution < 1.29 is 14.6 Å². The number of carboxylic acid groups (broad SMARTS) is 1. The van der Waals surface area contributed by atoms with Crippen molar-refractivity contribution in [2.45, 2.75) is 6.42 Å². The predicted molar refractivity (Wildman–Crippen MR) is 57.9 cm³/mol. The van der Waals surface area contributed by atoms with Crippen molar-refractivity contribution in [3.05, 3.63) is 35.5 Å². The van der Waals surface area contributed by atoms with E-state index in [0.29, 0.717) is 6.61 Å². The summed E-state index contributed by atoms with van der Waals surface area (Å²) in [6.07, 6.45) is 2.23. The number of carbonyl (C=O) groups is 1. The molecule has 1 N–H and O–H groups in total. The fraction of sp³-hybridized carbons (Fsp3) is 0.167. The number of aromatic carboxylic acids is 1. The zero-order chi connectivity index (χ0) is 11.1. The summed E-state index contributed by atoms with van der Waals surface area (Å²) in [5.41, 5.74) is 2.14. The van der Waals surface area contributed by atoms with Crippen molar-refractivity contribution in [3.63, 3.8) is 0 Å². The van der Waals surface area contributed by atoms with Crippen LogP contribution in [0.5, 0.6) is 5.75 Å². The highest BCUT2D eigenvalue weighted by Gasteiger charge is 2.16. The zero-order valence-electron chi connectivity index (χ0n) is 8.43. The Kier molecular flexibility index (Phi) is 1.83. The Bertz CT molecular complexity index is 592. The third-order valence-electron chi connectivity index (χ3n) is 2.77. The molecule has 0 saturated carbocycles. The number of ether oxygens (including phenoxy) is 1. The number of pyridine rings is 1. The normalized spacial score (nSPS) is 13.5. The van der Waals surface area contributed by atoms with E-state index in [-0.39, 0.29) is 5.56 Å². The van der Waals surface area contributed by atoms with E-state index >= 15 is 0 Å². The zero-order valence-corrected chi connectivity index (χ0v) is 8.43. The van der Waals surface area contributed by atoms with Gasteiger partial charge in [0.1, 0.15) is 5.75 Å². The van der Waals surface area contributed by atoms with Gasteiger partial charge in [0.15, 0.2) is 0 Å². The lowest BCUT2D eigenvalue weighted by molar-refractivity contribution is 0.0696. The Balaban J connectivity index is 2.28. The molecule has 80 valence electrons. The Morgan fingerprint density at radius 3 is 3.12 bits per heavy atom. The summed E-state index contributed by atoms with van der Waals surface area (Å²) in [5, 5.41) is 9.72. The number of benzene rings is 1. The van der Waals surface area contributed by atoms with Crippen LogP contribution in [0, 0.1) is 0 Å². The molecule has 0 unspecified atom stereocenters. The molecule has 1 aliphatic rings. The lowest BCUT2D eigenvalue weighted by atomic mass is 10.1. The molecule has 0 fully saturated rings. The van der Waals surface area contributed by atoms with Gasteiger partial charge < -0.3 is 9.84 Å². The van der Waals surface area contributed by atoms with Gasteiger partial charge in [-0.05, 0) is 18.2 Å². The highest BCUT2D eigenvalue weighted by atomic mass is 16.5. The average Bonchev–Trinajstić information content (AvgIpc) is 2.76. The topological polar surface area (TPSA) is 59.4 Å². The van der Waals surface area contributed by atoms with Gasteiger partial charge >= 0.3 is 5.97 Å². The van der Waals surface area contributed by atoms with Crippen molar-refractivity contribution in [1.82, 2.24) is 4.98 Å². The van der Waals surface area contributed by atoms with Crippen LogP contribution in [0.25, 0.3) is 10.9 Å². The van der Waals surface area contributed by atoms with Crippen LogP contribution < -0.4 is 4.74 Å². The standard InChI is InChI=1S/C12H9NO3/c14-12(15)8-5-7-1-2-10-9(3-4-16-10)11(7)13-6-8/h1-2,5-6H,3-4H2,(H,14,15). The van der Waals surface area contributed by atoms with Crippen LogP contribution in [-0.4, -0.2) is 22.7 Å². The fourth-order valence-electron chi connectivity index (χ4n) is 2.00. The first-order chi connectivity index (χ1) is 7.75. The summed E-state index contributed by atoms with van der Waals surface area (Å²) in [7, 11) is 0. The molecule has 0 aliphatic carbocycles. The van der Waals surface area contributed by atoms with Gasteiger partial charge in [-0.2, -0.15) is 0 Å². The number of rotatable bonds is 1. The fourth-order valence-corrected chi connectivity index (χ4v) is 2.00. The highest BCUT2D eigenvalue weighted by molar-refractivity contribution is 5.93. The lowest BCUT2D eigenvalue weighted by Gasteiger charge is -2.03. The van der Waals surface area contributed by atoms with E-state index in [1.54, 1.807) is 6.07 Å². The SMILES string of the molecule is O=C(O)c1cnc2c3c(ccc2c1)OCC3. The molecule has 0 spiro atoms. The minimum absolute atomic E-state index is 0.214. The maximum atomic E-state index is 10.8. The van der Waals surface area contributed by atoms with Gasteiger partial charge in [0.25, 0.3) is 0 Å². The van der Waals surface area contributed by atoms with Crippen LogP contribution >= 0.6 is 0 Å². The molecule has 3 rings (SSSR count). The van der Waals surface area contributed by atoms with E-state index in [4.69, 9.17) is 9.84 Å². The molecule has 0 radical (unpaired) electrons. The minimum atomic E-state index is -0.953. The molecule has 0 saturated heterocycles. The summed E-state index contributed by atoms with van der Waals surface area (Å²) < 4.78 is 5.43. The van der Waals surface area contributed by atoms with Crippen LogP contribution in [0.1, 0.15) is 15.9 Å². The van der Waals surface area contributed by atoms with Crippen molar-refractivity contribution in [3.8, 4) is 5.75 Å². The van der Waals surface area contributed by atoms with Crippen molar-refractivity contribution in [2.24, 2.45) is 0 Å². The third-order valence-corrected chi connectivity index (χ3v) is 2.77. The summed E-state index contributed by atoms with van der Waals surface area (Å²) in [6, 6.07) is 5.36. The first-order valence-electron chi connectivity index (χ1n) is 5.03. The van der Waals surface area contributed by atoms with Crippen LogP contribution in [-0.2, 0) is 6.42 Å². The number of hydrogen-bond donors (Lipinski definition) is 1. The van der Waals surface area contributed by atoms with Crippen LogP contribution in [0.2, 0.25) is 0 Å². The average molecular weight is 215 g/mol. The van der Waals surface area contributed by atoms with E-state index in [1.165, 1.54) is 6.20 Å². The van der Waals surface area contributed by atoms with Crippen LogP contribution in [0.3, 0.4) is 0 Å². The molecule has 1 aromatic carbocycles. The highest BCUT2D eigenvalue weighted by Crippen LogP contribution is 2.31. The molecule has 4 nitrogen and oxygen atoms in total. The maximum absolute atomic E-state index is 10.8. The van der Waals surface area contributed by atoms with E-state index < -0.39 is 5.97 Å². The summed E-state index contributed by atoms with van der Waals surface area (Å²) in [6.45, 7) is 0.677. The molecule has 0 atom stereocenters. The van der Waals surface area contributed by atoms with Crippen molar-refractivity contribution in [2.75, 3.05) is 6.61 Å². The van der Waals surface area contributed by atoms with E-state index in [0.717, 1.165) is 28.6 Å². The molecule has 0 bridgehead atoms. The number of hydrogen-bond acceptors (Lipinski definition) is 3. The predicted octanol–water partition coefficient (Wildman–Crippen LogP) is 1.87. The number of nitrogens with zero attached hydrogens (tertiary/aromatic N) is 1. The van der Waals surface area contributed by atoms with Gasteiger partial charge in [-0.3, -0.25) is 4.98 Å². The Hall–Kier alpha value is -2.10. The van der Waals surface area contributed by atoms with Crippen molar-refractivity contribution in [1.29, 1.82) is 0 Å². The van der Waals surface area contributed by atoms with Gasteiger partial charge in [-0.25, -0.2) is 4.79 Å². The largest absolute Gasteiger partial charge is 0.493 e. The quantitative estimate of drug-likeness (QED) is 0.788. The summed E-state index contributed by atoms with van der Waals surface area (Å²) in [4.78, 5) is 15.0. The maximum Gasteiger partial charge on any atom is 0.337 e. The van der Waals surface area contributed by atoms with Crippen LogP contribution in [0.4, 0.5) is 0 Å². The third kappa shape index (κ3) is 1.23.